The minimum atomic E-state index is -1.53. The van der Waals surface area contributed by atoms with Crippen molar-refractivity contribution in [3.05, 3.63) is 75.3 Å². The van der Waals surface area contributed by atoms with Crippen molar-refractivity contribution in [2.75, 3.05) is 13.1 Å². The van der Waals surface area contributed by atoms with Gasteiger partial charge in [0, 0.05) is 43.3 Å². The van der Waals surface area contributed by atoms with Crippen LogP contribution in [-0.4, -0.2) is 62.8 Å². The Hall–Kier alpha value is -4.42. The molecular weight excluding hydrogens is 542 g/mol. The van der Waals surface area contributed by atoms with E-state index < -0.39 is 53.0 Å². The molecule has 0 aromatic heterocycles. The number of nitro groups is 1. The molecule has 13 heteroatoms. The Bertz CT molecular complexity index is 1330. The van der Waals surface area contributed by atoms with Gasteiger partial charge in [-0.05, 0) is 30.0 Å². The lowest BCUT2D eigenvalue weighted by Crippen LogP contribution is -2.54. The fraction of sp³-hybridized carbons (Fsp3) is 0.429. The summed E-state index contributed by atoms with van der Waals surface area (Å²) in [5.41, 5.74) is -0.542. The molecule has 3 amide bonds. The molecule has 218 valence electrons. The van der Waals surface area contributed by atoms with E-state index in [4.69, 9.17) is 0 Å². The average Bonchev–Trinajstić information content (AvgIpc) is 3.60. The first-order chi connectivity index (χ1) is 19.5. The number of hydrogen-bond donors (Lipinski definition) is 2. The molecule has 11 nitrogen and oxygen atoms in total. The summed E-state index contributed by atoms with van der Waals surface area (Å²) < 4.78 is 27.8. The predicted octanol–water partition coefficient (Wildman–Crippen LogP) is 3.79. The lowest BCUT2D eigenvalue weighted by Gasteiger charge is -2.31. The SMILES string of the molecule is O=C(O)CC(NC(=O)C1N(C(=O)CCC2CCCC2)CCN1C(=O)c1cc(F)cc(F)c1)c1cccc([N+](=O)[O-])c1. The van der Waals surface area contributed by atoms with Crippen LogP contribution < -0.4 is 5.32 Å². The maximum atomic E-state index is 13.9. The molecule has 2 aromatic rings. The number of carboxylic acid groups (broad SMARTS) is 1. The standard InChI is InChI=1S/C28H30F2N4O7/c29-20-12-19(13-21(30)15-20)28(39)33-11-10-32(24(35)9-8-17-4-1-2-5-17)27(33)26(38)31-23(16-25(36)37)18-6-3-7-22(14-18)34(40)41/h3,6-7,12-15,17,23,27H,1-2,4-5,8-11,16H2,(H,31,38)(H,36,37). The summed E-state index contributed by atoms with van der Waals surface area (Å²) in [5.74, 6) is -5.09. The van der Waals surface area contributed by atoms with Crippen LogP contribution in [0.2, 0.25) is 0 Å². The molecule has 2 aromatic carbocycles. The highest BCUT2D eigenvalue weighted by molar-refractivity contribution is 5.99. The highest BCUT2D eigenvalue weighted by Gasteiger charge is 2.43. The zero-order valence-electron chi connectivity index (χ0n) is 22.1. The second-order valence-electron chi connectivity index (χ2n) is 10.3. The van der Waals surface area contributed by atoms with Gasteiger partial charge in [0.05, 0.1) is 17.4 Å². The topological polar surface area (TPSA) is 150 Å². The van der Waals surface area contributed by atoms with Crippen molar-refractivity contribution in [3.8, 4) is 0 Å². The second kappa shape index (κ2) is 12.8. The first-order valence-corrected chi connectivity index (χ1v) is 13.4. The lowest BCUT2D eigenvalue weighted by atomic mass is 10.0. The normalized spacial score (nSPS) is 17.9. The molecule has 41 heavy (non-hydrogen) atoms. The smallest absolute Gasteiger partial charge is 0.305 e. The molecule has 0 bridgehead atoms. The molecule has 4 rings (SSSR count). The molecule has 2 N–H and O–H groups in total. The zero-order valence-corrected chi connectivity index (χ0v) is 22.1. The van der Waals surface area contributed by atoms with Gasteiger partial charge in [-0.1, -0.05) is 37.8 Å². The molecule has 0 radical (unpaired) electrons. The van der Waals surface area contributed by atoms with E-state index >= 15 is 0 Å². The molecule has 2 fully saturated rings. The van der Waals surface area contributed by atoms with Crippen molar-refractivity contribution < 1.29 is 38.0 Å². The fourth-order valence-electron chi connectivity index (χ4n) is 5.53. The molecule has 2 unspecified atom stereocenters. The number of non-ortho nitro benzene ring substituents is 1. The molecule has 1 aliphatic carbocycles. The van der Waals surface area contributed by atoms with Crippen molar-refractivity contribution in [2.24, 2.45) is 5.92 Å². The van der Waals surface area contributed by atoms with Crippen LogP contribution in [0.1, 0.15) is 66.9 Å². The average molecular weight is 573 g/mol. The van der Waals surface area contributed by atoms with E-state index in [1.165, 1.54) is 23.1 Å². The van der Waals surface area contributed by atoms with Crippen LogP contribution in [0, 0.1) is 27.7 Å². The van der Waals surface area contributed by atoms with Crippen LogP contribution in [0.3, 0.4) is 0 Å². The number of halogens is 2. The summed E-state index contributed by atoms with van der Waals surface area (Å²) in [6.45, 7) is -0.129. The first kappa shape index (κ1) is 29.6. The fourth-order valence-corrected chi connectivity index (χ4v) is 5.53. The van der Waals surface area contributed by atoms with Crippen LogP contribution in [0.4, 0.5) is 14.5 Å². The van der Waals surface area contributed by atoms with E-state index in [0.29, 0.717) is 18.4 Å². The van der Waals surface area contributed by atoms with Crippen molar-refractivity contribution in [3.63, 3.8) is 0 Å². The van der Waals surface area contributed by atoms with Crippen molar-refractivity contribution in [1.82, 2.24) is 15.1 Å². The van der Waals surface area contributed by atoms with E-state index in [0.717, 1.165) is 48.8 Å². The molecule has 2 atom stereocenters. The maximum absolute atomic E-state index is 13.9. The molecule has 1 aliphatic heterocycles. The molecule has 1 heterocycles. The third kappa shape index (κ3) is 7.21. The number of nitrogens with zero attached hydrogens (tertiary/aromatic N) is 3. The third-order valence-electron chi connectivity index (χ3n) is 7.52. The van der Waals surface area contributed by atoms with E-state index in [-0.39, 0.29) is 42.2 Å². The minimum absolute atomic E-state index is 0.0223. The van der Waals surface area contributed by atoms with Crippen LogP contribution in [0.15, 0.2) is 42.5 Å². The molecule has 0 spiro atoms. The predicted molar refractivity (Wildman–Crippen MR) is 140 cm³/mol. The number of benzene rings is 2. The summed E-state index contributed by atoms with van der Waals surface area (Å²) in [5, 5.41) is 23.3. The zero-order chi connectivity index (χ0) is 29.7. The summed E-state index contributed by atoms with van der Waals surface area (Å²) in [4.78, 5) is 64.8. The Labute approximate surface area is 234 Å². The number of rotatable bonds is 10. The van der Waals surface area contributed by atoms with Gasteiger partial charge in [0.2, 0.25) is 5.91 Å². The Morgan fingerprint density at radius 1 is 1.02 bits per heavy atom. The third-order valence-corrected chi connectivity index (χ3v) is 7.52. The highest BCUT2D eigenvalue weighted by atomic mass is 19.1. The summed E-state index contributed by atoms with van der Waals surface area (Å²) in [6.07, 6.45) is 2.76. The number of amides is 3. The van der Waals surface area contributed by atoms with Gasteiger partial charge in [0.1, 0.15) is 11.6 Å². The number of carbonyl (C=O) groups is 4. The van der Waals surface area contributed by atoms with Gasteiger partial charge < -0.3 is 20.2 Å². The summed E-state index contributed by atoms with van der Waals surface area (Å²) in [6, 6.07) is 6.10. The minimum Gasteiger partial charge on any atom is -0.481 e. The summed E-state index contributed by atoms with van der Waals surface area (Å²) >= 11 is 0. The molecule has 2 aliphatic rings. The van der Waals surface area contributed by atoms with E-state index in [9.17, 15) is 43.2 Å². The quantitative estimate of drug-likeness (QED) is 0.325. The van der Waals surface area contributed by atoms with Crippen LogP contribution in [-0.2, 0) is 14.4 Å². The van der Waals surface area contributed by atoms with Gasteiger partial charge in [-0.3, -0.25) is 29.3 Å². The largest absolute Gasteiger partial charge is 0.481 e. The van der Waals surface area contributed by atoms with Gasteiger partial charge in [0.25, 0.3) is 17.5 Å². The maximum Gasteiger partial charge on any atom is 0.305 e. The van der Waals surface area contributed by atoms with Crippen molar-refractivity contribution in [2.45, 2.75) is 57.2 Å². The monoisotopic (exact) mass is 572 g/mol. The number of carboxylic acids is 1. The molecular formula is C28H30F2N4O7. The lowest BCUT2D eigenvalue weighted by molar-refractivity contribution is -0.384. The number of carbonyl (C=O) groups excluding carboxylic acids is 3. The van der Waals surface area contributed by atoms with E-state index in [2.05, 4.69) is 5.32 Å². The van der Waals surface area contributed by atoms with Gasteiger partial charge >= 0.3 is 5.97 Å². The summed E-state index contributed by atoms with van der Waals surface area (Å²) in [7, 11) is 0. The van der Waals surface area contributed by atoms with Gasteiger partial charge in [0.15, 0.2) is 6.17 Å². The second-order valence-corrected chi connectivity index (χ2v) is 10.3. The van der Waals surface area contributed by atoms with E-state index in [1.54, 1.807) is 0 Å². The van der Waals surface area contributed by atoms with Gasteiger partial charge in [-0.25, -0.2) is 8.78 Å². The number of hydrogen-bond acceptors (Lipinski definition) is 6. The van der Waals surface area contributed by atoms with Crippen LogP contribution >= 0.6 is 0 Å². The van der Waals surface area contributed by atoms with Gasteiger partial charge in [-0.2, -0.15) is 0 Å². The van der Waals surface area contributed by atoms with Gasteiger partial charge in [-0.15, -0.1) is 0 Å². The number of nitro benzene ring substituents is 1. The Kier molecular flexibility index (Phi) is 9.25. The van der Waals surface area contributed by atoms with E-state index in [1.807, 2.05) is 0 Å². The van der Waals surface area contributed by atoms with Crippen molar-refractivity contribution in [1.29, 1.82) is 0 Å². The molecule has 1 saturated carbocycles. The van der Waals surface area contributed by atoms with Crippen LogP contribution in [0.25, 0.3) is 0 Å². The number of aliphatic carboxylic acids is 1. The molecule has 1 saturated heterocycles. The van der Waals surface area contributed by atoms with Crippen molar-refractivity contribution >= 4 is 29.4 Å². The Morgan fingerprint density at radius 2 is 1.68 bits per heavy atom. The Morgan fingerprint density at radius 3 is 2.32 bits per heavy atom. The number of nitrogens with one attached hydrogen (secondary N) is 1. The first-order valence-electron chi connectivity index (χ1n) is 13.4. The Balaban J connectivity index is 1.63. The van der Waals surface area contributed by atoms with Crippen LogP contribution in [0.5, 0.6) is 0 Å². The highest BCUT2D eigenvalue weighted by Crippen LogP contribution is 2.30.